The number of likely N-dealkylation sites (tertiary alicyclic amines) is 1. The quantitative estimate of drug-likeness (QED) is 0.355. The van der Waals surface area contributed by atoms with E-state index in [-0.39, 0.29) is 24.0 Å². The number of pyridine rings is 1. The lowest BCUT2D eigenvalue weighted by Crippen LogP contribution is -2.41. The number of halogens is 1. The predicted molar refractivity (Wildman–Crippen MR) is 129 cm³/mol. The molecule has 4 rings (SSSR count). The minimum absolute atomic E-state index is 0. The Hall–Kier alpha value is -1.87. The van der Waals surface area contributed by atoms with E-state index < -0.39 is 0 Å². The van der Waals surface area contributed by atoms with Crippen LogP contribution in [0.4, 0.5) is 0 Å². The fourth-order valence-electron chi connectivity index (χ4n) is 4.01. The van der Waals surface area contributed by atoms with Crippen LogP contribution in [0.2, 0.25) is 0 Å². The molecule has 0 amide bonds. The average Bonchev–Trinajstić information content (AvgIpc) is 3.41. The van der Waals surface area contributed by atoms with E-state index in [4.69, 9.17) is 14.5 Å². The van der Waals surface area contributed by atoms with E-state index in [1.165, 1.54) is 18.4 Å². The number of rotatable bonds is 6. The second-order valence-electron chi connectivity index (χ2n) is 7.90. The number of aliphatic imine (C=N–C) groups is 1. The summed E-state index contributed by atoms with van der Waals surface area (Å²) in [5.74, 6) is 1.85. The van der Waals surface area contributed by atoms with Gasteiger partial charge in [-0.3, -0.25) is 4.98 Å². The maximum atomic E-state index is 5.82. The molecule has 1 unspecified atom stereocenters. The molecular weight excluding hydrogens is 491 g/mol. The minimum atomic E-state index is 0. The molecule has 0 bridgehead atoms. The van der Waals surface area contributed by atoms with Gasteiger partial charge in [-0.1, -0.05) is 18.2 Å². The van der Waals surface area contributed by atoms with Crippen molar-refractivity contribution in [2.24, 2.45) is 10.4 Å². The van der Waals surface area contributed by atoms with Crippen LogP contribution in [0, 0.1) is 5.41 Å². The molecule has 2 aliphatic heterocycles. The molecule has 2 aliphatic rings. The lowest BCUT2D eigenvalue weighted by atomic mass is 9.87. The Morgan fingerprint density at radius 3 is 2.80 bits per heavy atom. The topological polar surface area (TPSA) is 59.0 Å². The highest BCUT2D eigenvalue weighted by atomic mass is 127. The number of hydrogen-bond donors (Lipinski definition) is 1. The number of nitrogens with zero attached hydrogens (tertiary/aromatic N) is 3. The van der Waals surface area contributed by atoms with Gasteiger partial charge in [0, 0.05) is 37.9 Å². The highest BCUT2D eigenvalue weighted by Gasteiger charge is 2.42. The normalized spacial score (nSPS) is 21.0. The molecule has 1 aromatic heterocycles. The molecule has 162 valence electrons. The van der Waals surface area contributed by atoms with Gasteiger partial charge in [0.15, 0.2) is 5.96 Å². The maximum Gasteiger partial charge on any atom is 0.194 e. The van der Waals surface area contributed by atoms with Crippen molar-refractivity contribution in [2.45, 2.75) is 32.9 Å². The van der Waals surface area contributed by atoms with Gasteiger partial charge in [0.25, 0.3) is 0 Å². The summed E-state index contributed by atoms with van der Waals surface area (Å²) in [6.45, 7) is 8.01. The predicted octanol–water partition coefficient (Wildman–Crippen LogP) is 3.86. The third-order valence-electron chi connectivity index (χ3n) is 5.71. The van der Waals surface area contributed by atoms with Crippen LogP contribution in [0.5, 0.6) is 5.75 Å². The van der Waals surface area contributed by atoms with Crippen LogP contribution in [-0.4, -0.2) is 48.7 Å². The smallest absolute Gasteiger partial charge is 0.194 e. The second kappa shape index (κ2) is 10.9. The molecule has 0 aliphatic carbocycles. The molecule has 1 atom stereocenters. The highest BCUT2D eigenvalue weighted by Crippen LogP contribution is 2.38. The molecule has 0 saturated carbocycles. The Kier molecular flexibility index (Phi) is 8.32. The summed E-state index contributed by atoms with van der Waals surface area (Å²) >= 11 is 0. The van der Waals surface area contributed by atoms with Crippen molar-refractivity contribution in [1.29, 1.82) is 0 Å². The van der Waals surface area contributed by atoms with Crippen LogP contribution in [-0.2, 0) is 17.9 Å². The zero-order valence-corrected chi connectivity index (χ0v) is 19.9. The zero-order valence-electron chi connectivity index (χ0n) is 17.5. The van der Waals surface area contributed by atoms with Crippen molar-refractivity contribution >= 4 is 29.9 Å². The molecule has 1 spiro atoms. The van der Waals surface area contributed by atoms with Crippen molar-refractivity contribution in [1.82, 2.24) is 15.2 Å². The number of aromatic nitrogens is 1. The van der Waals surface area contributed by atoms with E-state index in [0.717, 1.165) is 50.3 Å². The SMILES string of the molecule is CCNC(=NCc1ccc(OCc2ccccn2)cc1)N1CCC2(CCOC2)C1.I. The van der Waals surface area contributed by atoms with Gasteiger partial charge < -0.3 is 19.7 Å². The molecule has 0 radical (unpaired) electrons. The summed E-state index contributed by atoms with van der Waals surface area (Å²) in [5, 5.41) is 3.45. The van der Waals surface area contributed by atoms with E-state index in [1.807, 2.05) is 30.3 Å². The van der Waals surface area contributed by atoms with E-state index in [2.05, 4.69) is 34.3 Å². The Morgan fingerprint density at radius 1 is 1.23 bits per heavy atom. The third-order valence-corrected chi connectivity index (χ3v) is 5.71. The monoisotopic (exact) mass is 522 g/mol. The summed E-state index contributed by atoms with van der Waals surface area (Å²) in [4.78, 5) is 11.6. The van der Waals surface area contributed by atoms with Crippen molar-refractivity contribution in [3.05, 3.63) is 59.9 Å². The molecule has 2 aromatic rings. The molecular formula is C23H31IN4O2. The van der Waals surface area contributed by atoms with E-state index in [9.17, 15) is 0 Å². The molecule has 1 aromatic carbocycles. The lowest BCUT2D eigenvalue weighted by molar-refractivity contribution is 0.156. The Morgan fingerprint density at radius 2 is 2.10 bits per heavy atom. The first-order valence-corrected chi connectivity index (χ1v) is 10.5. The number of nitrogens with one attached hydrogen (secondary N) is 1. The Balaban J connectivity index is 0.00000256. The zero-order chi connectivity index (χ0) is 19.9. The first-order valence-electron chi connectivity index (χ1n) is 10.5. The lowest BCUT2D eigenvalue weighted by Gasteiger charge is -2.25. The summed E-state index contributed by atoms with van der Waals surface area (Å²) in [6, 6.07) is 14.0. The Labute approximate surface area is 196 Å². The van der Waals surface area contributed by atoms with Crippen LogP contribution in [0.15, 0.2) is 53.7 Å². The van der Waals surface area contributed by atoms with E-state index in [0.29, 0.717) is 18.6 Å². The summed E-state index contributed by atoms with van der Waals surface area (Å²) in [6.07, 6.45) is 4.15. The Bertz CT molecular complexity index is 808. The summed E-state index contributed by atoms with van der Waals surface area (Å²) in [5.41, 5.74) is 2.43. The fourth-order valence-corrected chi connectivity index (χ4v) is 4.01. The fraction of sp³-hybridized carbons (Fsp3) is 0.478. The number of benzene rings is 1. The van der Waals surface area contributed by atoms with Crippen LogP contribution < -0.4 is 10.1 Å². The average molecular weight is 522 g/mol. The van der Waals surface area contributed by atoms with Crippen molar-refractivity contribution in [3.8, 4) is 5.75 Å². The maximum absolute atomic E-state index is 5.82. The van der Waals surface area contributed by atoms with Gasteiger partial charge in [-0.25, -0.2) is 4.99 Å². The van der Waals surface area contributed by atoms with Crippen molar-refractivity contribution in [3.63, 3.8) is 0 Å². The van der Waals surface area contributed by atoms with Crippen LogP contribution in [0.1, 0.15) is 31.0 Å². The van der Waals surface area contributed by atoms with E-state index in [1.54, 1.807) is 6.20 Å². The van der Waals surface area contributed by atoms with Crippen LogP contribution in [0.3, 0.4) is 0 Å². The van der Waals surface area contributed by atoms with E-state index >= 15 is 0 Å². The van der Waals surface area contributed by atoms with Crippen LogP contribution >= 0.6 is 24.0 Å². The van der Waals surface area contributed by atoms with Gasteiger partial charge in [0.1, 0.15) is 12.4 Å². The molecule has 2 saturated heterocycles. The van der Waals surface area contributed by atoms with Gasteiger partial charge in [0.05, 0.1) is 18.8 Å². The summed E-state index contributed by atoms with van der Waals surface area (Å²) in [7, 11) is 0. The first kappa shape index (κ1) is 22.8. The number of hydrogen-bond acceptors (Lipinski definition) is 4. The largest absolute Gasteiger partial charge is 0.487 e. The van der Waals surface area contributed by atoms with Crippen LogP contribution in [0.25, 0.3) is 0 Å². The molecule has 7 heteroatoms. The first-order chi connectivity index (χ1) is 14.3. The number of guanidine groups is 1. The van der Waals surface area contributed by atoms with Crippen molar-refractivity contribution in [2.75, 3.05) is 32.8 Å². The minimum Gasteiger partial charge on any atom is -0.487 e. The molecule has 6 nitrogen and oxygen atoms in total. The molecule has 1 N–H and O–H groups in total. The van der Waals surface area contributed by atoms with Gasteiger partial charge in [-0.15, -0.1) is 24.0 Å². The molecule has 3 heterocycles. The summed E-state index contributed by atoms with van der Waals surface area (Å²) < 4.78 is 11.5. The molecule has 2 fully saturated rings. The second-order valence-corrected chi connectivity index (χ2v) is 7.90. The van der Waals surface area contributed by atoms with Gasteiger partial charge in [0.2, 0.25) is 0 Å². The molecule has 30 heavy (non-hydrogen) atoms. The van der Waals surface area contributed by atoms with Gasteiger partial charge in [-0.2, -0.15) is 0 Å². The standard InChI is InChI=1S/C23H30N4O2.HI/c1-2-24-22(27-13-10-23(17-27)11-14-28-18-23)26-15-19-6-8-21(9-7-19)29-16-20-5-3-4-12-25-20;/h3-9,12H,2,10-11,13-18H2,1H3,(H,24,26);1H. The van der Waals surface area contributed by atoms with Crippen molar-refractivity contribution < 1.29 is 9.47 Å². The highest BCUT2D eigenvalue weighted by molar-refractivity contribution is 14.0. The third kappa shape index (κ3) is 5.85. The van der Waals surface area contributed by atoms with Gasteiger partial charge in [-0.05, 0) is 49.6 Å². The van der Waals surface area contributed by atoms with Gasteiger partial charge >= 0.3 is 0 Å². The number of ether oxygens (including phenoxy) is 2.